The van der Waals surface area contributed by atoms with Crippen molar-refractivity contribution < 1.29 is 9.90 Å². The largest absolute Gasteiger partial charge is 0.393 e. The van der Waals surface area contributed by atoms with E-state index in [4.69, 9.17) is 0 Å². The molecule has 0 aliphatic heterocycles. The Balaban J connectivity index is 1.56. The van der Waals surface area contributed by atoms with Crippen molar-refractivity contribution in [2.24, 2.45) is 5.92 Å². The molecule has 2 aliphatic rings. The maximum Gasteiger partial charge on any atom is 0.270 e. The minimum Gasteiger partial charge on any atom is -0.393 e. The van der Waals surface area contributed by atoms with Crippen LogP contribution >= 0.6 is 0 Å². The van der Waals surface area contributed by atoms with Gasteiger partial charge in [-0.05, 0) is 44.1 Å². The van der Waals surface area contributed by atoms with Crippen LogP contribution in [0.25, 0.3) is 0 Å². The van der Waals surface area contributed by atoms with Crippen LogP contribution in [0.4, 0.5) is 0 Å². The third-order valence-corrected chi connectivity index (χ3v) is 4.93. The van der Waals surface area contributed by atoms with Gasteiger partial charge in [-0.1, -0.05) is 19.3 Å². The van der Waals surface area contributed by atoms with E-state index >= 15 is 0 Å². The Hall–Kier alpha value is -1.49. The molecular weight excluding hydrogens is 278 g/mol. The Bertz CT molecular complexity index is 514. The first-order valence-electron chi connectivity index (χ1n) is 8.51. The van der Waals surface area contributed by atoms with Crippen molar-refractivity contribution in [2.75, 3.05) is 6.54 Å². The average molecular weight is 303 g/mol. The van der Waals surface area contributed by atoms with Crippen LogP contribution in [0.1, 0.15) is 73.6 Å². The van der Waals surface area contributed by atoms with Crippen LogP contribution in [-0.2, 0) is 0 Å². The SMILES string of the molecule is O=C(NCC1CCCC(O)C1)c1ccnc(C2CCCC2)n1. The molecule has 2 aliphatic carbocycles. The molecular formula is C17H25N3O2. The van der Waals surface area contributed by atoms with E-state index in [1.54, 1.807) is 12.3 Å². The first-order chi connectivity index (χ1) is 10.7. The van der Waals surface area contributed by atoms with Gasteiger partial charge in [-0.15, -0.1) is 0 Å². The highest BCUT2D eigenvalue weighted by Crippen LogP contribution is 2.31. The topological polar surface area (TPSA) is 75.1 Å². The zero-order chi connectivity index (χ0) is 15.4. The Labute approximate surface area is 131 Å². The maximum atomic E-state index is 12.3. The van der Waals surface area contributed by atoms with E-state index in [1.807, 2.05) is 0 Å². The number of carbonyl (C=O) groups excluding carboxylic acids is 1. The third-order valence-electron chi connectivity index (χ3n) is 4.93. The van der Waals surface area contributed by atoms with Crippen molar-refractivity contribution in [3.63, 3.8) is 0 Å². The van der Waals surface area contributed by atoms with Crippen LogP contribution in [0, 0.1) is 5.92 Å². The fraction of sp³-hybridized carbons (Fsp3) is 0.706. The molecule has 1 aromatic heterocycles. The molecule has 1 amide bonds. The smallest absolute Gasteiger partial charge is 0.270 e. The Morgan fingerprint density at radius 3 is 2.82 bits per heavy atom. The highest BCUT2D eigenvalue weighted by molar-refractivity contribution is 5.92. The molecule has 2 unspecified atom stereocenters. The van der Waals surface area contributed by atoms with E-state index < -0.39 is 0 Å². The van der Waals surface area contributed by atoms with Crippen LogP contribution in [-0.4, -0.2) is 33.6 Å². The Morgan fingerprint density at radius 1 is 1.23 bits per heavy atom. The zero-order valence-electron chi connectivity index (χ0n) is 13.0. The molecule has 22 heavy (non-hydrogen) atoms. The number of hydrogen-bond acceptors (Lipinski definition) is 4. The quantitative estimate of drug-likeness (QED) is 0.895. The molecule has 0 bridgehead atoms. The van der Waals surface area contributed by atoms with Gasteiger partial charge in [0.1, 0.15) is 11.5 Å². The standard InChI is InChI=1S/C17H25N3O2/c21-14-7-3-4-12(10-14)11-19-17(22)15-8-9-18-16(20-15)13-5-1-2-6-13/h8-9,12-14,21H,1-7,10-11H2,(H,19,22). The first kappa shape index (κ1) is 15.4. The van der Waals surface area contributed by atoms with Crippen molar-refractivity contribution in [1.82, 2.24) is 15.3 Å². The third kappa shape index (κ3) is 3.83. The van der Waals surface area contributed by atoms with Gasteiger partial charge in [0.05, 0.1) is 6.10 Å². The monoisotopic (exact) mass is 303 g/mol. The maximum absolute atomic E-state index is 12.3. The van der Waals surface area contributed by atoms with E-state index in [0.717, 1.165) is 44.3 Å². The summed E-state index contributed by atoms with van der Waals surface area (Å²) in [6, 6.07) is 1.68. The van der Waals surface area contributed by atoms with Crippen LogP contribution in [0.2, 0.25) is 0 Å². The van der Waals surface area contributed by atoms with Crippen LogP contribution in [0.3, 0.4) is 0 Å². The molecule has 1 heterocycles. The number of hydrogen-bond donors (Lipinski definition) is 2. The fourth-order valence-corrected chi connectivity index (χ4v) is 3.66. The summed E-state index contributed by atoms with van der Waals surface area (Å²) in [6.07, 6.45) is 10.0. The summed E-state index contributed by atoms with van der Waals surface area (Å²) in [4.78, 5) is 21.1. The summed E-state index contributed by atoms with van der Waals surface area (Å²) in [5, 5.41) is 12.7. The summed E-state index contributed by atoms with van der Waals surface area (Å²) in [5.41, 5.74) is 0.466. The highest BCUT2D eigenvalue weighted by atomic mass is 16.3. The molecule has 5 heteroatoms. The number of carbonyl (C=O) groups is 1. The van der Waals surface area contributed by atoms with Crippen LogP contribution in [0.5, 0.6) is 0 Å². The number of amides is 1. The van der Waals surface area contributed by atoms with E-state index in [-0.39, 0.29) is 12.0 Å². The van der Waals surface area contributed by atoms with Crippen LogP contribution in [0.15, 0.2) is 12.3 Å². The normalized spacial score (nSPS) is 26.0. The molecule has 2 fully saturated rings. The average Bonchev–Trinajstić information content (AvgIpc) is 3.07. The summed E-state index contributed by atoms with van der Waals surface area (Å²) < 4.78 is 0. The van der Waals surface area contributed by atoms with Gasteiger partial charge in [-0.2, -0.15) is 0 Å². The lowest BCUT2D eigenvalue weighted by atomic mass is 9.87. The van der Waals surface area contributed by atoms with Crippen molar-refractivity contribution in [3.8, 4) is 0 Å². The molecule has 120 valence electrons. The zero-order valence-corrected chi connectivity index (χ0v) is 13.0. The minimum atomic E-state index is -0.205. The molecule has 3 rings (SSSR count). The molecule has 2 saturated carbocycles. The molecule has 0 radical (unpaired) electrons. The van der Waals surface area contributed by atoms with Gasteiger partial charge in [-0.25, -0.2) is 9.97 Å². The molecule has 0 spiro atoms. The van der Waals surface area contributed by atoms with Gasteiger partial charge in [0.15, 0.2) is 0 Å². The van der Waals surface area contributed by atoms with Crippen molar-refractivity contribution in [2.45, 2.75) is 63.4 Å². The summed E-state index contributed by atoms with van der Waals surface area (Å²) in [6.45, 7) is 0.624. The molecule has 0 saturated heterocycles. The van der Waals surface area contributed by atoms with Gasteiger partial charge in [0.25, 0.3) is 5.91 Å². The lowest BCUT2D eigenvalue weighted by Gasteiger charge is -2.25. The van der Waals surface area contributed by atoms with Crippen molar-refractivity contribution >= 4 is 5.91 Å². The number of rotatable bonds is 4. The first-order valence-corrected chi connectivity index (χ1v) is 8.51. The second-order valence-corrected chi connectivity index (χ2v) is 6.68. The van der Waals surface area contributed by atoms with Crippen molar-refractivity contribution in [1.29, 1.82) is 0 Å². The number of nitrogens with zero attached hydrogens (tertiary/aromatic N) is 2. The van der Waals surface area contributed by atoms with Gasteiger partial charge in [0, 0.05) is 18.7 Å². The van der Waals surface area contributed by atoms with E-state index in [9.17, 15) is 9.90 Å². The number of aromatic nitrogens is 2. The van der Waals surface area contributed by atoms with Crippen LogP contribution < -0.4 is 5.32 Å². The lowest BCUT2D eigenvalue weighted by Crippen LogP contribution is -2.33. The Morgan fingerprint density at radius 2 is 2.05 bits per heavy atom. The van der Waals surface area contributed by atoms with E-state index in [1.165, 1.54) is 12.8 Å². The minimum absolute atomic E-state index is 0.123. The van der Waals surface area contributed by atoms with E-state index in [2.05, 4.69) is 15.3 Å². The molecule has 2 N–H and O–H groups in total. The predicted octanol–water partition coefficient (Wildman–Crippen LogP) is 2.42. The van der Waals surface area contributed by atoms with Gasteiger partial charge in [0.2, 0.25) is 0 Å². The lowest BCUT2D eigenvalue weighted by molar-refractivity contribution is 0.0870. The second kappa shape index (κ2) is 7.18. The summed E-state index contributed by atoms with van der Waals surface area (Å²) >= 11 is 0. The number of aliphatic hydroxyl groups excluding tert-OH is 1. The molecule has 1 aromatic rings. The summed E-state index contributed by atoms with van der Waals surface area (Å²) in [5.74, 6) is 1.49. The number of nitrogens with one attached hydrogen (secondary N) is 1. The summed E-state index contributed by atoms with van der Waals surface area (Å²) in [7, 11) is 0. The molecule has 0 aromatic carbocycles. The predicted molar refractivity (Wildman–Crippen MR) is 83.5 cm³/mol. The highest BCUT2D eigenvalue weighted by Gasteiger charge is 2.22. The fourth-order valence-electron chi connectivity index (χ4n) is 3.66. The Kier molecular flexibility index (Phi) is 5.03. The van der Waals surface area contributed by atoms with E-state index in [0.29, 0.717) is 24.1 Å². The van der Waals surface area contributed by atoms with Gasteiger partial charge < -0.3 is 10.4 Å². The van der Waals surface area contributed by atoms with Gasteiger partial charge in [-0.3, -0.25) is 4.79 Å². The van der Waals surface area contributed by atoms with Gasteiger partial charge >= 0.3 is 0 Å². The number of aliphatic hydroxyl groups is 1. The molecule has 2 atom stereocenters. The second-order valence-electron chi connectivity index (χ2n) is 6.68. The van der Waals surface area contributed by atoms with Crippen molar-refractivity contribution in [3.05, 3.63) is 23.8 Å². The molecule has 5 nitrogen and oxygen atoms in total.